The Bertz CT molecular complexity index is 769. The number of unbranched alkanes of at least 4 members (excludes halogenated alkanes) is 25. The Morgan fingerprint density at radius 1 is 0.521 bits per heavy atom. The number of phosphoric acid groups is 1. The molecule has 0 saturated heterocycles. The zero-order valence-corrected chi connectivity index (χ0v) is 32.5. The summed E-state index contributed by atoms with van der Waals surface area (Å²) in [5.41, 5.74) is 0. The van der Waals surface area contributed by atoms with Crippen molar-refractivity contribution < 1.29 is 37.9 Å². The van der Waals surface area contributed by atoms with E-state index in [0.29, 0.717) is 6.42 Å². The standard InChI is InChI=1S/C39H77O8P/c1-4-5-6-7-8-9-10-11-12-13-14-15-16-17-18-19-23-26-29-32-38(40)45-34-37(35-46-48(42,43)44)47-39(41)33-30-27-24-21-20-22-25-28-31-36(2)3/h36-37H,4-35H2,1-3H3,(H2,42,43,44)/t37-/m1/s1. The number of ether oxygens (including phenoxy) is 2. The highest BCUT2D eigenvalue weighted by atomic mass is 31.2. The second-order valence-electron chi connectivity index (χ2n) is 14.5. The van der Waals surface area contributed by atoms with E-state index in [1.54, 1.807) is 0 Å². The van der Waals surface area contributed by atoms with Gasteiger partial charge in [0, 0.05) is 12.8 Å². The molecule has 0 aliphatic carbocycles. The van der Waals surface area contributed by atoms with Gasteiger partial charge in [0.1, 0.15) is 6.61 Å². The fourth-order valence-corrected chi connectivity index (χ4v) is 6.39. The van der Waals surface area contributed by atoms with Crippen molar-refractivity contribution in [3.63, 3.8) is 0 Å². The van der Waals surface area contributed by atoms with Crippen LogP contribution in [0.3, 0.4) is 0 Å². The molecule has 0 saturated carbocycles. The number of carbonyl (C=O) groups excluding carboxylic acids is 2. The number of phosphoric ester groups is 1. The first-order chi connectivity index (χ1) is 23.1. The predicted octanol–water partition coefficient (Wildman–Crippen LogP) is 11.9. The first kappa shape index (κ1) is 47.0. The van der Waals surface area contributed by atoms with Gasteiger partial charge in [0.2, 0.25) is 0 Å². The van der Waals surface area contributed by atoms with Crippen LogP contribution in [0.5, 0.6) is 0 Å². The van der Waals surface area contributed by atoms with Crippen molar-refractivity contribution >= 4 is 19.8 Å². The van der Waals surface area contributed by atoms with Crippen LogP contribution in [0.15, 0.2) is 0 Å². The van der Waals surface area contributed by atoms with E-state index < -0.39 is 32.5 Å². The molecule has 48 heavy (non-hydrogen) atoms. The summed E-state index contributed by atoms with van der Waals surface area (Å²) in [5.74, 6) is -0.103. The third-order valence-corrected chi connectivity index (χ3v) is 9.54. The van der Waals surface area contributed by atoms with Gasteiger partial charge in [-0.25, -0.2) is 4.57 Å². The summed E-state index contributed by atoms with van der Waals surface area (Å²) >= 11 is 0. The van der Waals surface area contributed by atoms with Gasteiger partial charge in [-0.3, -0.25) is 14.1 Å². The van der Waals surface area contributed by atoms with Gasteiger partial charge in [-0.2, -0.15) is 0 Å². The molecule has 0 spiro atoms. The van der Waals surface area contributed by atoms with Crippen LogP contribution in [0.1, 0.15) is 213 Å². The summed E-state index contributed by atoms with van der Waals surface area (Å²) < 4.78 is 26.3. The maximum absolute atomic E-state index is 12.3. The minimum atomic E-state index is -4.74. The van der Waals surface area contributed by atoms with Gasteiger partial charge in [-0.05, 0) is 18.8 Å². The van der Waals surface area contributed by atoms with Crippen molar-refractivity contribution in [1.29, 1.82) is 0 Å². The Morgan fingerprint density at radius 3 is 1.25 bits per heavy atom. The highest BCUT2D eigenvalue weighted by Crippen LogP contribution is 2.36. The molecule has 8 nitrogen and oxygen atoms in total. The van der Waals surface area contributed by atoms with Crippen molar-refractivity contribution in [1.82, 2.24) is 0 Å². The Labute approximate surface area is 295 Å². The zero-order valence-electron chi connectivity index (χ0n) is 31.6. The second kappa shape index (κ2) is 34.5. The molecule has 0 bridgehead atoms. The van der Waals surface area contributed by atoms with Crippen LogP contribution in [0.2, 0.25) is 0 Å². The van der Waals surface area contributed by atoms with Crippen LogP contribution in [0, 0.1) is 5.92 Å². The molecule has 0 radical (unpaired) electrons. The topological polar surface area (TPSA) is 119 Å². The van der Waals surface area contributed by atoms with Gasteiger partial charge in [0.05, 0.1) is 6.61 Å². The first-order valence-electron chi connectivity index (χ1n) is 20.2. The lowest BCUT2D eigenvalue weighted by molar-refractivity contribution is -0.161. The fraction of sp³-hybridized carbons (Fsp3) is 0.949. The van der Waals surface area contributed by atoms with Gasteiger partial charge in [-0.1, -0.05) is 188 Å². The van der Waals surface area contributed by atoms with Crippen LogP contribution in [-0.4, -0.2) is 41.0 Å². The third kappa shape index (κ3) is 37.9. The molecule has 0 aromatic heterocycles. The zero-order chi connectivity index (χ0) is 35.6. The normalized spacial score (nSPS) is 12.5. The van der Waals surface area contributed by atoms with E-state index in [4.69, 9.17) is 19.3 Å². The molecule has 2 N–H and O–H groups in total. The number of hydrogen-bond donors (Lipinski definition) is 2. The van der Waals surface area contributed by atoms with E-state index in [2.05, 4.69) is 25.3 Å². The van der Waals surface area contributed by atoms with Crippen LogP contribution >= 0.6 is 7.82 Å². The highest BCUT2D eigenvalue weighted by molar-refractivity contribution is 7.46. The molecule has 0 aromatic carbocycles. The summed E-state index contributed by atoms with van der Waals surface area (Å²) in [6, 6.07) is 0. The van der Waals surface area contributed by atoms with Gasteiger partial charge in [0.15, 0.2) is 6.10 Å². The van der Waals surface area contributed by atoms with E-state index in [-0.39, 0.29) is 19.4 Å². The van der Waals surface area contributed by atoms with E-state index >= 15 is 0 Å². The summed E-state index contributed by atoms with van der Waals surface area (Å²) in [4.78, 5) is 42.7. The van der Waals surface area contributed by atoms with Crippen molar-refractivity contribution in [2.75, 3.05) is 13.2 Å². The van der Waals surface area contributed by atoms with Crippen molar-refractivity contribution in [2.45, 2.75) is 219 Å². The van der Waals surface area contributed by atoms with Crippen LogP contribution in [0.4, 0.5) is 0 Å². The minimum absolute atomic E-state index is 0.216. The fourth-order valence-electron chi connectivity index (χ4n) is 6.03. The maximum Gasteiger partial charge on any atom is 0.469 e. The summed E-state index contributed by atoms with van der Waals surface area (Å²) in [6.45, 7) is 5.98. The van der Waals surface area contributed by atoms with Crippen LogP contribution < -0.4 is 0 Å². The average molecular weight is 705 g/mol. The molecule has 0 aliphatic rings. The average Bonchev–Trinajstić information content (AvgIpc) is 3.03. The van der Waals surface area contributed by atoms with Gasteiger partial charge in [0.25, 0.3) is 0 Å². The number of hydrogen-bond acceptors (Lipinski definition) is 6. The van der Waals surface area contributed by atoms with Crippen molar-refractivity contribution in [3.05, 3.63) is 0 Å². The molecule has 0 heterocycles. The Morgan fingerprint density at radius 2 is 0.875 bits per heavy atom. The molecule has 0 fully saturated rings. The molecule has 0 aliphatic heterocycles. The molecule has 0 amide bonds. The Hall–Kier alpha value is -0.950. The largest absolute Gasteiger partial charge is 0.469 e. The molecular weight excluding hydrogens is 627 g/mol. The van der Waals surface area contributed by atoms with Crippen LogP contribution in [-0.2, 0) is 28.2 Å². The van der Waals surface area contributed by atoms with Crippen LogP contribution in [0.25, 0.3) is 0 Å². The molecular formula is C39H77O8P. The van der Waals surface area contributed by atoms with E-state index in [1.807, 2.05) is 0 Å². The van der Waals surface area contributed by atoms with E-state index in [9.17, 15) is 14.2 Å². The quantitative estimate of drug-likeness (QED) is 0.0372. The molecule has 0 unspecified atom stereocenters. The predicted molar refractivity (Wildman–Crippen MR) is 198 cm³/mol. The van der Waals surface area contributed by atoms with E-state index in [1.165, 1.54) is 135 Å². The number of esters is 2. The highest BCUT2D eigenvalue weighted by Gasteiger charge is 2.22. The maximum atomic E-state index is 12.3. The van der Waals surface area contributed by atoms with Crippen molar-refractivity contribution in [2.24, 2.45) is 5.92 Å². The molecule has 0 rings (SSSR count). The second-order valence-corrected chi connectivity index (χ2v) is 15.7. The van der Waals surface area contributed by atoms with Gasteiger partial charge < -0.3 is 19.3 Å². The molecule has 286 valence electrons. The summed E-state index contributed by atoms with van der Waals surface area (Å²) in [6.07, 6.45) is 34.1. The molecule has 0 aromatic rings. The monoisotopic (exact) mass is 705 g/mol. The third-order valence-electron chi connectivity index (χ3n) is 9.05. The first-order valence-corrected chi connectivity index (χ1v) is 21.7. The lowest BCUT2D eigenvalue weighted by atomic mass is 10.0. The lowest BCUT2D eigenvalue weighted by Crippen LogP contribution is -2.29. The Balaban J connectivity index is 3.83. The Kier molecular flexibility index (Phi) is 33.8. The van der Waals surface area contributed by atoms with Gasteiger partial charge >= 0.3 is 19.8 Å². The molecule has 9 heteroatoms. The molecule has 1 atom stereocenters. The smallest absolute Gasteiger partial charge is 0.462 e. The summed E-state index contributed by atoms with van der Waals surface area (Å²) in [7, 11) is -4.74. The SMILES string of the molecule is CCCCCCCCCCCCCCCCCCCCCC(=O)OC[C@H](COP(=O)(O)O)OC(=O)CCCCCCCCCCC(C)C. The summed E-state index contributed by atoms with van der Waals surface area (Å²) in [5, 5.41) is 0. The van der Waals surface area contributed by atoms with Crippen molar-refractivity contribution in [3.8, 4) is 0 Å². The van der Waals surface area contributed by atoms with Gasteiger partial charge in [-0.15, -0.1) is 0 Å². The lowest BCUT2D eigenvalue weighted by Gasteiger charge is -2.18. The number of rotatable bonds is 37. The minimum Gasteiger partial charge on any atom is -0.462 e. The van der Waals surface area contributed by atoms with E-state index in [0.717, 1.165) is 44.4 Å². The number of carbonyl (C=O) groups is 2.